The van der Waals surface area contributed by atoms with E-state index in [9.17, 15) is 4.79 Å². The van der Waals surface area contributed by atoms with Crippen LogP contribution in [0.15, 0.2) is 24.3 Å². The van der Waals surface area contributed by atoms with Crippen molar-refractivity contribution < 1.29 is 19.0 Å². The van der Waals surface area contributed by atoms with Gasteiger partial charge in [-0.05, 0) is 50.8 Å². The number of carbonyl (C=O) groups is 1. The molecule has 0 bridgehead atoms. The lowest BCUT2D eigenvalue weighted by molar-refractivity contribution is -0.141. The molecule has 0 spiro atoms. The first-order valence-electron chi connectivity index (χ1n) is 7.73. The van der Waals surface area contributed by atoms with Gasteiger partial charge in [-0.25, -0.2) is 0 Å². The molecular formula is C17H25NO4. The second-order valence-electron chi connectivity index (χ2n) is 6.10. The number of rotatable bonds is 8. The lowest BCUT2D eigenvalue weighted by Gasteiger charge is -2.17. The van der Waals surface area contributed by atoms with Crippen LogP contribution in [0.25, 0.3) is 0 Å². The SMILES string of the molecule is CC1(C)OC[C@@H](COc2ccc(CCCC(N)C=O)cc2)O1. The number of ether oxygens (including phenoxy) is 3. The topological polar surface area (TPSA) is 70.8 Å². The largest absolute Gasteiger partial charge is 0.491 e. The van der Waals surface area contributed by atoms with Crippen molar-refractivity contribution in [2.24, 2.45) is 5.73 Å². The van der Waals surface area contributed by atoms with E-state index in [0.717, 1.165) is 31.3 Å². The van der Waals surface area contributed by atoms with Gasteiger partial charge in [0.1, 0.15) is 24.7 Å². The minimum Gasteiger partial charge on any atom is -0.491 e. The lowest BCUT2D eigenvalue weighted by atomic mass is 10.1. The highest BCUT2D eigenvalue weighted by atomic mass is 16.7. The van der Waals surface area contributed by atoms with Crippen LogP contribution in [0.3, 0.4) is 0 Å². The molecule has 5 heteroatoms. The van der Waals surface area contributed by atoms with E-state index in [1.54, 1.807) is 0 Å². The predicted octanol–water partition coefficient (Wildman–Crippen LogP) is 2.07. The molecule has 1 heterocycles. The number of hydrogen-bond acceptors (Lipinski definition) is 5. The molecule has 1 saturated heterocycles. The first kappa shape index (κ1) is 16.9. The molecule has 1 aromatic carbocycles. The van der Waals surface area contributed by atoms with Gasteiger partial charge in [-0.15, -0.1) is 0 Å². The standard InChI is InChI=1S/C17H25NO4/c1-17(2)21-12-16(22-17)11-20-15-8-6-13(7-9-15)4-3-5-14(18)10-19/h6-10,14,16H,3-5,11-12,18H2,1-2H3/t14?,16-/m1/s1. The monoisotopic (exact) mass is 307 g/mol. The average molecular weight is 307 g/mol. The van der Waals surface area contributed by atoms with Gasteiger partial charge in [0.25, 0.3) is 0 Å². The molecule has 0 radical (unpaired) electrons. The smallest absolute Gasteiger partial charge is 0.163 e. The molecule has 0 aliphatic carbocycles. The Morgan fingerprint density at radius 1 is 1.41 bits per heavy atom. The molecule has 0 amide bonds. The quantitative estimate of drug-likeness (QED) is 0.744. The molecule has 22 heavy (non-hydrogen) atoms. The molecule has 1 aromatic rings. The van der Waals surface area contributed by atoms with Crippen LogP contribution < -0.4 is 10.5 Å². The van der Waals surface area contributed by atoms with Gasteiger partial charge in [-0.2, -0.15) is 0 Å². The minimum atomic E-state index is -0.514. The zero-order chi connectivity index (χ0) is 16.0. The fourth-order valence-corrected chi connectivity index (χ4v) is 2.40. The Morgan fingerprint density at radius 2 is 2.14 bits per heavy atom. The summed E-state index contributed by atoms with van der Waals surface area (Å²) in [6, 6.07) is 7.64. The van der Waals surface area contributed by atoms with Gasteiger partial charge in [0, 0.05) is 0 Å². The van der Waals surface area contributed by atoms with Gasteiger partial charge in [-0.1, -0.05) is 12.1 Å². The molecule has 0 saturated carbocycles. The average Bonchev–Trinajstić information content (AvgIpc) is 2.85. The molecule has 1 aliphatic rings. The molecule has 2 atom stereocenters. The summed E-state index contributed by atoms with van der Waals surface area (Å²) in [6.45, 7) is 4.84. The number of aldehydes is 1. The van der Waals surface area contributed by atoms with Gasteiger partial charge in [0.05, 0.1) is 12.6 Å². The van der Waals surface area contributed by atoms with Crippen molar-refractivity contribution in [3.05, 3.63) is 29.8 Å². The van der Waals surface area contributed by atoms with E-state index < -0.39 is 5.79 Å². The number of aryl methyl sites for hydroxylation is 1. The predicted molar refractivity (Wildman–Crippen MR) is 83.8 cm³/mol. The summed E-state index contributed by atoms with van der Waals surface area (Å²) in [5, 5.41) is 0. The van der Waals surface area contributed by atoms with E-state index in [-0.39, 0.29) is 12.1 Å². The van der Waals surface area contributed by atoms with Gasteiger partial charge >= 0.3 is 0 Å². The first-order chi connectivity index (χ1) is 10.5. The number of carbonyl (C=O) groups excluding carboxylic acids is 1. The zero-order valence-electron chi connectivity index (χ0n) is 13.3. The highest BCUT2D eigenvalue weighted by molar-refractivity contribution is 5.56. The van der Waals surface area contributed by atoms with Crippen molar-refractivity contribution in [3.8, 4) is 5.75 Å². The second kappa shape index (κ2) is 7.72. The number of benzene rings is 1. The summed E-state index contributed by atoms with van der Waals surface area (Å²) >= 11 is 0. The molecule has 2 rings (SSSR count). The summed E-state index contributed by atoms with van der Waals surface area (Å²) < 4.78 is 16.9. The van der Waals surface area contributed by atoms with Crippen LogP contribution in [-0.2, 0) is 20.7 Å². The Hall–Kier alpha value is -1.43. The van der Waals surface area contributed by atoms with Crippen LogP contribution in [-0.4, -0.2) is 37.4 Å². The number of nitrogens with two attached hydrogens (primary N) is 1. The van der Waals surface area contributed by atoms with Crippen molar-refractivity contribution >= 4 is 6.29 Å². The highest BCUT2D eigenvalue weighted by Crippen LogP contribution is 2.23. The Bertz CT molecular complexity index is 472. The van der Waals surface area contributed by atoms with Crippen molar-refractivity contribution in [2.45, 2.75) is 51.0 Å². The van der Waals surface area contributed by atoms with Crippen molar-refractivity contribution in [3.63, 3.8) is 0 Å². The molecule has 1 aliphatic heterocycles. The van der Waals surface area contributed by atoms with E-state index in [0.29, 0.717) is 13.2 Å². The van der Waals surface area contributed by atoms with Gasteiger partial charge < -0.3 is 24.7 Å². The second-order valence-corrected chi connectivity index (χ2v) is 6.10. The van der Waals surface area contributed by atoms with Crippen LogP contribution >= 0.6 is 0 Å². The van der Waals surface area contributed by atoms with Crippen LogP contribution in [0.1, 0.15) is 32.3 Å². The molecule has 1 unspecified atom stereocenters. The summed E-state index contributed by atoms with van der Waals surface area (Å²) in [5.74, 6) is 0.307. The third-order valence-corrected chi connectivity index (χ3v) is 3.60. The maximum Gasteiger partial charge on any atom is 0.163 e. The summed E-state index contributed by atoms with van der Waals surface area (Å²) in [6.07, 6.45) is 3.31. The fourth-order valence-electron chi connectivity index (χ4n) is 2.40. The highest BCUT2D eigenvalue weighted by Gasteiger charge is 2.32. The van der Waals surface area contributed by atoms with E-state index >= 15 is 0 Å². The van der Waals surface area contributed by atoms with E-state index in [1.807, 2.05) is 38.1 Å². The normalized spacial score (nSPS) is 21.5. The zero-order valence-corrected chi connectivity index (χ0v) is 13.3. The van der Waals surface area contributed by atoms with Crippen molar-refractivity contribution in [2.75, 3.05) is 13.2 Å². The van der Waals surface area contributed by atoms with E-state index in [1.165, 1.54) is 5.56 Å². The van der Waals surface area contributed by atoms with Gasteiger partial charge in [0.2, 0.25) is 0 Å². The molecule has 0 aromatic heterocycles. The lowest BCUT2D eigenvalue weighted by Crippen LogP contribution is -2.25. The third kappa shape index (κ3) is 5.40. The molecule has 1 fully saturated rings. The van der Waals surface area contributed by atoms with E-state index in [2.05, 4.69) is 0 Å². The Balaban J connectivity index is 1.71. The number of hydrogen-bond donors (Lipinski definition) is 1. The van der Waals surface area contributed by atoms with Crippen LogP contribution in [0, 0.1) is 0 Å². The fraction of sp³-hybridized carbons (Fsp3) is 0.588. The Kier molecular flexibility index (Phi) is 5.94. The Labute approximate surface area is 131 Å². The first-order valence-corrected chi connectivity index (χ1v) is 7.73. The van der Waals surface area contributed by atoms with Gasteiger partial charge in [-0.3, -0.25) is 0 Å². The maximum absolute atomic E-state index is 10.5. The van der Waals surface area contributed by atoms with Crippen molar-refractivity contribution in [1.29, 1.82) is 0 Å². The van der Waals surface area contributed by atoms with Crippen LogP contribution in [0.2, 0.25) is 0 Å². The Morgan fingerprint density at radius 3 is 2.73 bits per heavy atom. The minimum absolute atomic E-state index is 0.0282. The van der Waals surface area contributed by atoms with Crippen molar-refractivity contribution in [1.82, 2.24) is 0 Å². The molecule has 2 N–H and O–H groups in total. The summed E-state index contributed by atoms with van der Waals surface area (Å²) in [5.41, 5.74) is 6.78. The molecule has 5 nitrogen and oxygen atoms in total. The van der Waals surface area contributed by atoms with Crippen LogP contribution in [0.5, 0.6) is 5.75 Å². The van der Waals surface area contributed by atoms with E-state index in [4.69, 9.17) is 19.9 Å². The molecular weight excluding hydrogens is 282 g/mol. The maximum atomic E-state index is 10.5. The summed E-state index contributed by atoms with van der Waals surface area (Å²) in [4.78, 5) is 10.5. The molecule has 122 valence electrons. The van der Waals surface area contributed by atoms with Gasteiger partial charge in [0.15, 0.2) is 5.79 Å². The van der Waals surface area contributed by atoms with Crippen LogP contribution in [0.4, 0.5) is 0 Å². The summed E-state index contributed by atoms with van der Waals surface area (Å²) in [7, 11) is 0. The third-order valence-electron chi connectivity index (χ3n) is 3.60.